The van der Waals surface area contributed by atoms with Crippen LogP contribution in [0.25, 0.3) is 21.2 Å². The second-order valence-electron chi connectivity index (χ2n) is 7.17. The molecule has 0 atom stereocenters. The molecule has 2 aromatic carbocycles. The maximum Gasteiger partial charge on any atom is 0.538 e. The van der Waals surface area contributed by atoms with Crippen molar-refractivity contribution < 1.29 is 26.6 Å². The van der Waals surface area contributed by atoms with E-state index in [1.165, 1.54) is 0 Å². The highest BCUT2D eigenvalue weighted by Gasteiger charge is 2.58. The molecule has 0 heterocycles. The average molecular weight is 477 g/mol. The molecule has 2 aromatic rings. The minimum absolute atomic E-state index is 0.474. The first-order valence-electron chi connectivity index (χ1n) is 11.7. The summed E-state index contributed by atoms with van der Waals surface area (Å²) in [6, 6.07) is 12.6. The van der Waals surface area contributed by atoms with Crippen LogP contribution in [0.1, 0.15) is 52.7 Å². The van der Waals surface area contributed by atoms with Gasteiger partial charge in [0.15, 0.2) is 0 Å². The predicted octanol–water partition coefficient (Wildman–Crippen LogP) is 5.24. The van der Waals surface area contributed by atoms with Gasteiger partial charge in [0, 0.05) is 50.0 Å². The Morgan fingerprint density at radius 1 is 0.500 bits per heavy atom. The number of rotatable bonds is 14. The van der Waals surface area contributed by atoms with E-state index in [9.17, 15) is 0 Å². The zero-order valence-electron chi connectivity index (χ0n) is 20.2. The van der Waals surface area contributed by atoms with Crippen molar-refractivity contribution in [1.29, 1.82) is 0 Å². The second-order valence-corrected chi connectivity index (χ2v) is 12.1. The summed E-state index contributed by atoms with van der Waals surface area (Å²) < 4.78 is 38.5. The molecule has 0 N–H and O–H groups in total. The molecule has 0 spiro atoms. The van der Waals surface area contributed by atoms with Crippen molar-refractivity contribution >= 4 is 38.8 Å². The lowest BCUT2D eigenvalue weighted by atomic mass is 10.0. The largest absolute Gasteiger partial charge is 0.538 e. The van der Waals surface area contributed by atoms with Gasteiger partial charge in [0.2, 0.25) is 0 Å². The molecule has 0 amide bonds. The lowest BCUT2D eigenvalue weighted by Gasteiger charge is -2.35. The highest BCUT2D eigenvalue weighted by atomic mass is 28.4. The Morgan fingerprint density at radius 3 is 1.09 bits per heavy atom. The van der Waals surface area contributed by atoms with Crippen molar-refractivity contribution in [3.05, 3.63) is 47.5 Å². The van der Waals surface area contributed by atoms with Crippen LogP contribution in [0.15, 0.2) is 36.4 Å². The van der Waals surface area contributed by atoms with E-state index >= 15 is 0 Å². The molecule has 0 unspecified atom stereocenters. The number of hydrogen-bond donors (Lipinski definition) is 0. The molecule has 0 aromatic heterocycles. The summed E-state index contributed by atoms with van der Waals surface area (Å²) in [6.45, 7) is 14.7. The predicted molar refractivity (Wildman–Crippen MR) is 132 cm³/mol. The van der Waals surface area contributed by atoms with Crippen molar-refractivity contribution in [2.24, 2.45) is 0 Å². The molecule has 6 nitrogen and oxygen atoms in total. The molecule has 1 aliphatic rings. The van der Waals surface area contributed by atoms with Crippen molar-refractivity contribution in [2.45, 2.75) is 41.5 Å². The van der Waals surface area contributed by atoms with Gasteiger partial charge in [-0.3, -0.25) is 0 Å². The van der Waals surface area contributed by atoms with E-state index < -0.39 is 17.6 Å². The van der Waals surface area contributed by atoms with Crippen molar-refractivity contribution in [2.75, 3.05) is 39.6 Å². The van der Waals surface area contributed by atoms with Gasteiger partial charge in [-0.1, -0.05) is 36.4 Å². The molecule has 176 valence electrons. The third-order valence-electron chi connectivity index (χ3n) is 5.31. The van der Waals surface area contributed by atoms with Crippen LogP contribution < -0.4 is 0 Å². The molecular weight excluding hydrogens is 440 g/mol. The van der Waals surface area contributed by atoms with Crippen LogP contribution >= 0.6 is 0 Å². The monoisotopic (exact) mass is 476 g/mol. The van der Waals surface area contributed by atoms with Crippen LogP contribution in [0.3, 0.4) is 0 Å². The van der Waals surface area contributed by atoms with Crippen LogP contribution in [0.2, 0.25) is 0 Å². The van der Waals surface area contributed by atoms with Gasteiger partial charge < -0.3 is 26.6 Å². The van der Waals surface area contributed by atoms with Crippen LogP contribution in [0.4, 0.5) is 0 Å². The van der Waals surface area contributed by atoms with Gasteiger partial charge in [-0.05, 0) is 63.4 Å². The summed E-state index contributed by atoms with van der Waals surface area (Å²) in [5.41, 5.74) is 2.12. The molecule has 32 heavy (non-hydrogen) atoms. The van der Waals surface area contributed by atoms with Crippen LogP contribution in [-0.2, 0) is 26.6 Å². The molecule has 0 radical (unpaired) electrons. The highest BCUT2D eigenvalue weighted by molar-refractivity contribution is 6.94. The SMILES string of the molecule is CCO[Si](OCC)(OCC)C1=C([Si](OCC)(OCC)OCC)c2cccc3cccc1c23. The fourth-order valence-corrected chi connectivity index (χ4v) is 11.0. The third-order valence-corrected chi connectivity index (χ3v) is 11.8. The van der Waals surface area contributed by atoms with Gasteiger partial charge in [-0.15, -0.1) is 0 Å². The Kier molecular flexibility index (Phi) is 8.82. The van der Waals surface area contributed by atoms with E-state index in [-0.39, 0.29) is 0 Å². The average Bonchev–Trinajstić information content (AvgIpc) is 3.12. The first-order valence-corrected chi connectivity index (χ1v) is 15.1. The third kappa shape index (κ3) is 4.38. The zero-order chi connectivity index (χ0) is 23.2. The Morgan fingerprint density at radius 2 is 0.812 bits per heavy atom. The van der Waals surface area contributed by atoms with E-state index in [0.717, 1.165) is 32.3 Å². The minimum Gasteiger partial charge on any atom is -0.370 e. The van der Waals surface area contributed by atoms with Gasteiger partial charge >= 0.3 is 17.6 Å². The van der Waals surface area contributed by atoms with Gasteiger partial charge in [0.25, 0.3) is 0 Å². The van der Waals surface area contributed by atoms with Crippen molar-refractivity contribution in [3.8, 4) is 0 Å². The van der Waals surface area contributed by atoms with E-state index in [1.807, 2.05) is 41.5 Å². The Labute approximate surface area is 194 Å². The minimum atomic E-state index is -3.32. The Balaban J connectivity index is 2.46. The quantitative estimate of drug-likeness (QED) is 0.348. The summed E-state index contributed by atoms with van der Waals surface area (Å²) in [7, 11) is -6.64. The van der Waals surface area contributed by atoms with Crippen molar-refractivity contribution in [1.82, 2.24) is 0 Å². The normalized spacial score (nSPS) is 14.1. The van der Waals surface area contributed by atoms with Crippen LogP contribution in [-0.4, -0.2) is 57.3 Å². The standard InChI is InChI=1S/C24H36O6Si2/c1-7-25-31(26-8-2,27-9-3)23-20-17-13-15-19-16-14-18-21(22(19)20)24(23)32(28-10-4,29-11-5)30-12-6/h13-18H,7-12H2,1-6H3. The summed E-state index contributed by atoms with van der Waals surface area (Å²) >= 11 is 0. The van der Waals surface area contributed by atoms with Gasteiger partial charge in [-0.2, -0.15) is 0 Å². The van der Waals surface area contributed by atoms with Crippen LogP contribution in [0, 0.1) is 0 Å². The van der Waals surface area contributed by atoms with E-state index in [4.69, 9.17) is 26.6 Å². The Hall–Kier alpha value is -1.37. The molecule has 1 aliphatic carbocycles. The molecule has 3 rings (SSSR count). The summed E-state index contributed by atoms with van der Waals surface area (Å²) in [6.07, 6.45) is 0. The lowest BCUT2D eigenvalue weighted by Crippen LogP contribution is -2.52. The first-order chi connectivity index (χ1) is 15.6. The number of benzene rings is 2. The molecule has 0 fully saturated rings. The molecule has 8 heteroatoms. The molecule has 0 aliphatic heterocycles. The van der Waals surface area contributed by atoms with E-state index in [2.05, 4.69) is 36.4 Å². The highest BCUT2D eigenvalue weighted by Crippen LogP contribution is 2.50. The topological polar surface area (TPSA) is 55.4 Å². The number of hydrogen-bond acceptors (Lipinski definition) is 6. The molecule has 0 bridgehead atoms. The van der Waals surface area contributed by atoms with Crippen LogP contribution in [0.5, 0.6) is 0 Å². The van der Waals surface area contributed by atoms with E-state index in [0.29, 0.717) is 39.6 Å². The summed E-state index contributed by atoms with van der Waals surface area (Å²) in [5, 5.41) is 4.15. The second kappa shape index (κ2) is 11.2. The first kappa shape index (κ1) is 25.3. The van der Waals surface area contributed by atoms with Gasteiger partial charge in [-0.25, -0.2) is 0 Å². The molecule has 0 saturated heterocycles. The maximum absolute atomic E-state index is 6.41. The fourth-order valence-electron chi connectivity index (χ4n) is 4.49. The van der Waals surface area contributed by atoms with Gasteiger partial charge in [0.1, 0.15) is 0 Å². The zero-order valence-corrected chi connectivity index (χ0v) is 22.2. The Bertz CT molecular complexity index is 840. The lowest BCUT2D eigenvalue weighted by molar-refractivity contribution is 0.0830. The molecular formula is C24H36O6Si2. The maximum atomic E-state index is 6.41. The molecule has 0 saturated carbocycles. The summed E-state index contributed by atoms with van der Waals surface area (Å²) in [4.78, 5) is 0. The van der Waals surface area contributed by atoms with E-state index in [1.54, 1.807) is 0 Å². The fraction of sp³-hybridized carbons (Fsp3) is 0.500. The smallest absolute Gasteiger partial charge is 0.370 e. The van der Waals surface area contributed by atoms with Crippen molar-refractivity contribution in [3.63, 3.8) is 0 Å². The van der Waals surface area contributed by atoms with Gasteiger partial charge in [0.05, 0.1) is 0 Å². The summed E-state index contributed by atoms with van der Waals surface area (Å²) in [5.74, 6) is 0.